The topological polar surface area (TPSA) is 34.1 Å². The molecule has 2 heterocycles. The fourth-order valence-corrected chi connectivity index (χ4v) is 2.25. The molecule has 0 spiro atoms. The minimum absolute atomic E-state index is 0.0157. The van der Waals surface area contributed by atoms with Crippen LogP contribution in [0.1, 0.15) is 48.5 Å². The summed E-state index contributed by atoms with van der Waals surface area (Å²) in [5.74, 6) is 0. The van der Waals surface area contributed by atoms with Crippen molar-refractivity contribution in [2.75, 3.05) is 6.54 Å². The molecule has 0 amide bonds. The van der Waals surface area contributed by atoms with Crippen LogP contribution in [0.15, 0.2) is 16.8 Å². The van der Waals surface area contributed by atoms with E-state index in [9.17, 15) is 0 Å². The Kier molecular flexibility index (Phi) is 3.34. The predicted octanol–water partition coefficient (Wildman–Crippen LogP) is 2.64. The molecule has 0 aliphatic carbocycles. The number of nitrogens with zero attached hydrogens (tertiary/aromatic N) is 2. The highest BCUT2D eigenvalue weighted by atomic mass is 16.7. The second-order valence-corrected chi connectivity index (χ2v) is 7.26. The Bertz CT molecular complexity index is 406. The van der Waals surface area contributed by atoms with Crippen LogP contribution >= 0.6 is 0 Å². The third-order valence-electron chi connectivity index (χ3n) is 4.19. The summed E-state index contributed by atoms with van der Waals surface area (Å²) in [5, 5.41) is 0. The lowest BCUT2D eigenvalue weighted by atomic mass is 9.81. The van der Waals surface area contributed by atoms with E-state index in [0.29, 0.717) is 0 Å². The lowest BCUT2D eigenvalue weighted by molar-refractivity contribution is 0.00578. The Balaban J connectivity index is 2.27. The summed E-state index contributed by atoms with van der Waals surface area (Å²) in [5.41, 5.74) is 0.391. The van der Waals surface area contributed by atoms with Gasteiger partial charge in [0, 0.05) is 18.0 Å². The lowest BCUT2D eigenvalue weighted by Gasteiger charge is -2.40. The van der Waals surface area contributed by atoms with Gasteiger partial charge in [-0.05, 0) is 48.5 Å². The van der Waals surface area contributed by atoms with E-state index in [1.54, 1.807) is 0 Å². The minimum Gasteiger partial charge on any atom is -0.398 e. The van der Waals surface area contributed by atoms with Crippen LogP contribution in [-0.2, 0) is 9.31 Å². The van der Waals surface area contributed by atoms with Crippen molar-refractivity contribution in [1.82, 2.24) is 4.90 Å². The molecule has 0 N–H and O–H groups in total. The molecule has 2 rings (SSSR count). The van der Waals surface area contributed by atoms with Crippen LogP contribution in [0.25, 0.3) is 0 Å². The van der Waals surface area contributed by atoms with Crippen molar-refractivity contribution in [2.24, 2.45) is 4.99 Å². The van der Waals surface area contributed by atoms with E-state index in [2.05, 4.69) is 58.4 Å². The monoisotopic (exact) mass is 264 g/mol. The fraction of sp³-hybridized carbons (Fsp3) is 0.786. The molecule has 2 aliphatic rings. The Morgan fingerprint density at radius 3 is 2.16 bits per heavy atom. The summed E-state index contributed by atoms with van der Waals surface area (Å²) < 4.78 is 12.2. The van der Waals surface area contributed by atoms with E-state index in [-0.39, 0.29) is 23.9 Å². The van der Waals surface area contributed by atoms with Gasteiger partial charge in [0.15, 0.2) is 0 Å². The van der Waals surface area contributed by atoms with Crippen LogP contribution in [-0.4, -0.2) is 41.5 Å². The van der Waals surface area contributed by atoms with Gasteiger partial charge in [0.1, 0.15) is 0 Å². The van der Waals surface area contributed by atoms with Crippen molar-refractivity contribution in [3.05, 3.63) is 11.8 Å². The summed E-state index contributed by atoms with van der Waals surface area (Å²) in [6.07, 6.45) is 3.77. The molecule has 0 atom stereocenters. The molecule has 0 aromatic rings. The molecule has 0 radical (unpaired) electrons. The number of hydrogen-bond acceptors (Lipinski definition) is 4. The van der Waals surface area contributed by atoms with Crippen molar-refractivity contribution < 1.29 is 9.31 Å². The Morgan fingerprint density at radius 1 is 1.16 bits per heavy atom. The lowest BCUT2D eigenvalue weighted by Crippen LogP contribution is -2.47. The Morgan fingerprint density at radius 2 is 1.68 bits per heavy atom. The maximum Gasteiger partial charge on any atom is 0.513 e. The molecule has 0 unspecified atom stereocenters. The zero-order valence-corrected chi connectivity index (χ0v) is 13.2. The highest BCUT2D eigenvalue weighted by Crippen LogP contribution is 2.40. The highest BCUT2D eigenvalue weighted by Gasteiger charge is 2.54. The first-order valence-electron chi connectivity index (χ1n) is 6.90. The van der Waals surface area contributed by atoms with Crippen LogP contribution in [0.4, 0.5) is 0 Å². The molecule has 0 aromatic heterocycles. The molecule has 0 bridgehead atoms. The second kappa shape index (κ2) is 4.35. The molecular weight excluding hydrogens is 239 g/mol. The average molecular weight is 264 g/mol. The predicted molar refractivity (Wildman–Crippen MR) is 79.1 cm³/mol. The molecule has 19 heavy (non-hydrogen) atoms. The average Bonchev–Trinajstić information content (AvgIpc) is 2.47. The van der Waals surface area contributed by atoms with E-state index >= 15 is 0 Å². The first-order valence-corrected chi connectivity index (χ1v) is 6.90. The standard InChI is InChI=1S/C14H25BN2O2/c1-12(2,3)17-9-8-16-10-11(17)15-18-13(4,5)14(6,7)19-15/h8,10H,9H2,1-7H3. The largest absolute Gasteiger partial charge is 0.513 e. The molecular formula is C14H25BN2O2. The molecule has 106 valence electrons. The normalized spacial score (nSPS) is 25.7. The van der Waals surface area contributed by atoms with Crippen LogP contribution in [0.2, 0.25) is 0 Å². The quantitative estimate of drug-likeness (QED) is 0.683. The molecule has 5 heteroatoms. The van der Waals surface area contributed by atoms with E-state index in [0.717, 1.165) is 12.1 Å². The van der Waals surface area contributed by atoms with Gasteiger partial charge in [0.25, 0.3) is 0 Å². The molecule has 0 saturated carbocycles. The van der Waals surface area contributed by atoms with Gasteiger partial charge < -0.3 is 14.2 Å². The van der Waals surface area contributed by atoms with Gasteiger partial charge in [-0.1, -0.05) is 0 Å². The maximum absolute atomic E-state index is 6.12. The van der Waals surface area contributed by atoms with Gasteiger partial charge in [-0.2, -0.15) is 0 Å². The molecule has 1 fully saturated rings. The molecule has 4 nitrogen and oxygen atoms in total. The first kappa shape index (κ1) is 14.6. The van der Waals surface area contributed by atoms with Crippen molar-refractivity contribution in [3.8, 4) is 0 Å². The van der Waals surface area contributed by atoms with Crippen molar-refractivity contribution in [2.45, 2.75) is 65.2 Å². The van der Waals surface area contributed by atoms with Gasteiger partial charge in [0.05, 0.1) is 23.3 Å². The van der Waals surface area contributed by atoms with Crippen LogP contribution in [0.5, 0.6) is 0 Å². The first-order chi connectivity index (χ1) is 8.55. The zero-order chi connectivity index (χ0) is 14.5. The summed E-state index contributed by atoms with van der Waals surface area (Å²) in [6, 6.07) is 0. The van der Waals surface area contributed by atoms with Gasteiger partial charge in [-0.15, -0.1) is 0 Å². The molecule has 1 saturated heterocycles. The zero-order valence-electron chi connectivity index (χ0n) is 13.2. The maximum atomic E-state index is 6.12. The molecule has 0 aromatic carbocycles. The van der Waals surface area contributed by atoms with Crippen LogP contribution in [0.3, 0.4) is 0 Å². The van der Waals surface area contributed by atoms with Crippen molar-refractivity contribution in [1.29, 1.82) is 0 Å². The van der Waals surface area contributed by atoms with Crippen LogP contribution < -0.4 is 0 Å². The number of rotatable bonds is 1. The van der Waals surface area contributed by atoms with Gasteiger partial charge in [0.2, 0.25) is 0 Å². The minimum atomic E-state index is -0.346. The SMILES string of the molecule is CC(C)(C)N1CC=NC=C1B1OC(C)(C)C(C)(C)O1. The third-order valence-corrected chi connectivity index (χ3v) is 4.19. The smallest absolute Gasteiger partial charge is 0.398 e. The van der Waals surface area contributed by atoms with Crippen molar-refractivity contribution in [3.63, 3.8) is 0 Å². The van der Waals surface area contributed by atoms with E-state index < -0.39 is 0 Å². The van der Waals surface area contributed by atoms with E-state index in [1.807, 2.05) is 12.4 Å². The molecule has 2 aliphatic heterocycles. The second-order valence-electron chi connectivity index (χ2n) is 7.26. The van der Waals surface area contributed by atoms with Crippen LogP contribution in [0, 0.1) is 0 Å². The summed E-state index contributed by atoms with van der Waals surface area (Å²) in [6.45, 7) is 15.6. The summed E-state index contributed by atoms with van der Waals surface area (Å²) in [4.78, 5) is 6.55. The van der Waals surface area contributed by atoms with Gasteiger partial charge in [-0.25, -0.2) is 0 Å². The summed E-state index contributed by atoms with van der Waals surface area (Å²) in [7, 11) is -0.346. The summed E-state index contributed by atoms with van der Waals surface area (Å²) >= 11 is 0. The Hall–Kier alpha value is -0.805. The van der Waals surface area contributed by atoms with Gasteiger partial charge >= 0.3 is 7.12 Å². The van der Waals surface area contributed by atoms with Crippen molar-refractivity contribution >= 4 is 13.3 Å². The highest BCUT2D eigenvalue weighted by molar-refractivity contribution is 6.54. The Labute approximate surface area is 117 Å². The number of aliphatic imine (C=N–C) groups is 1. The van der Waals surface area contributed by atoms with E-state index in [1.165, 1.54) is 0 Å². The fourth-order valence-electron chi connectivity index (χ4n) is 2.25. The van der Waals surface area contributed by atoms with Gasteiger partial charge in [-0.3, -0.25) is 4.99 Å². The van der Waals surface area contributed by atoms with E-state index in [4.69, 9.17) is 9.31 Å². The number of hydrogen-bond donors (Lipinski definition) is 0. The third kappa shape index (κ3) is 2.58.